The van der Waals surface area contributed by atoms with Gasteiger partial charge < -0.3 is 10.0 Å². The normalized spacial score (nSPS) is 12.2. The van der Waals surface area contributed by atoms with Gasteiger partial charge in [-0.1, -0.05) is 42.9 Å². The lowest BCUT2D eigenvalue weighted by molar-refractivity contribution is 0.0700. The van der Waals surface area contributed by atoms with E-state index in [1.54, 1.807) is 0 Å². The molecule has 2 rings (SSSR count). The summed E-state index contributed by atoms with van der Waals surface area (Å²) in [7, 11) is 1.91. The number of carboxylic acid groups (broad SMARTS) is 1. The summed E-state index contributed by atoms with van der Waals surface area (Å²) in [4.78, 5) is 18.3. The summed E-state index contributed by atoms with van der Waals surface area (Å²) in [6, 6.07) is 8.10. The third-order valence-corrected chi connectivity index (χ3v) is 4.76. The number of nitrogens with zero attached hydrogens (tertiary/aromatic N) is 2. The van der Waals surface area contributed by atoms with Crippen LogP contribution < -0.4 is 4.90 Å². The van der Waals surface area contributed by atoms with Crippen molar-refractivity contribution in [1.29, 1.82) is 0 Å². The third-order valence-electron chi connectivity index (χ3n) is 3.62. The van der Waals surface area contributed by atoms with Crippen LogP contribution in [0.5, 0.6) is 0 Å². The van der Waals surface area contributed by atoms with Gasteiger partial charge in [-0.3, -0.25) is 0 Å². The molecule has 0 bridgehead atoms. The average molecular weight is 304 g/mol. The zero-order valence-electron chi connectivity index (χ0n) is 12.8. The highest BCUT2D eigenvalue weighted by Crippen LogP contribution is 2.34. The molecular formula is C16H20N2O2S. The molecule has 0 spiro atoms. The molecule has 1 aromatic heterocycles. The number of benzene rings is 1. The monoisotopic (exact) mass is 304 g/mol. The summed E-state index contributed by atoms with van der Waals surface area (Å²) in [5.74, 6) is -0.751. The molecule has 1 unspecified atom stereocenters. The maximum Gasteiger partial charge on any atom is 0.347 e. The summed E-state index contributed by atoms with van der Waals surface area (Å²) < 4.78 is 0. The van der Waals surface area contributed by atoms with Gasteiger partial charge in [0.25, 0.3) is 0 Å². The lowest BCUT2D eigenvalue weighted by Crippen LogP contribution is -2.09. The Morgan fingerprint density at radius 3 is 2.52 bits per heavy atom. The Morgan fingerprint density at radius 2 is 2.00 bits per heavy atom. The lowest BCUT2D eigenvalue weighted by atomic mass is 10.0. The SMILES string of the molecule is CCC(C)c1nc(N(C)c2ccc(C)cc2)sc1C(=O)O. The van der Waals surface area contributed by atoms with Crippen molar-refractivity contribution in [2.75, 3.05) is 11.9 Å². The number of aryl methyl sites for hydroxylation is 1. The number of anilines is 2. The molecule has 1 N–H and O–H groups in total. The predicted molar refractivity (Wildman–Crippen MR) is 87.0 cm³/mol. The molecule has 0 aliphatic rings. The minimum absolute atomic E-state index is 0.146. The molecule has 4 nitrogen and oxygen atoms in total. The van der Waals surface area contributed by atoms with Gasteiger partial charge in [-0.2, -0.15) is 0 Å². The van der Waals surface area contributed by atoms with Crippen LogP contribution >= 0.6 is 11.3 Å². The molecule has 0 aliphatic heterocycles. The Balaban J connectivity index is 2.39. The summed E-state index contributed by atoms with van der Waals surface area (Å²) in [5, 5.41) is 10.1. The fourth-order valence-electron chi connectivity index (χ4n) is 2.02. The summed E-state index contributed by atoms with van der Waals surface area (Å²) in [6.07, 6.45) is 0.873. The highest BCUT2D eigenvalue weighted by Gasteiger charge is 2.22. The second-order valence-corrected chi connectivity index (χ2v) is 6.20. The van der Waals surface area contributed by atoms with Gasteiger partial charge in [0.05, 0.1) is 5.69 Å². The van der Waals surface area contributed by atoms with Crippen LogP contribution in [0.15, 0.2) is 24.3 Å². The van der Waals surface area contributed by atoms with Crippen molar-refractivity contribution in [2.45, 2.75) is 33.1 Å². The van der Waals surface area contributed by atoms with E-state index in [-0.39, 0.29) is 5.92 Å². The quantitative estimate of drug-likeness (QED) is 0.887. The Bertz CT molecular complexity index is 634. The van der Waals surface area contributed by atoms with E-state index < -0.39 is 5.97 Å². The molecular weight excluding hydrogens is 284 g/mol. The van der Waals surface area contributed by atoms with E-state index in [1.165, 1.54) is 16.9 Å². The number of thiazole rings is 1. The molecule has 0 saturated heterocycles. The van der Waals surface area contributed by atoms with E-state index >= 15 is 0 Å². The second kappa shape index (κ2) is 6.26. The molecule has 0 radical (unpaired) electrons. The first-order valence-corrected chi connectivity index (χ1v) is 7.80. The lowest BCUT2D eigenvalue weighted by Gasteiger charge is -2.16. The van der Waals surface area contributed by atoms with Gasteiger partial charge in [0.1, 0.15) is 4.88 Å². The first-order chi connectivity index (χ1) is 9.93. The van der Waals surface area contributed by atoms with Gasteiger partial charge in [-0.25, -0.2) is 9.78 Å². The smallest absolute Gasteiger partial charge is 0.347 e. The predicted octanol–water partition coefficient (Wildman–Crippen LogP) is 4.43. The maximum absolute atomic E-state index is 11.4. The molecule has 21 heavy (non-hydrogen) atoms. The van der Waals surface area contributed by atoms with Crippen LogP contribution in [0.25, 0.3) is 0 Å². The fourth-order valence-corrected chi connectivity index (χ4v) is 3.03. The molecule has 0 aliphatic carbocycles. The van der Waals surface area contributed by atoms with Crippen molar-refractivity contribution >= 4 is 28.1 Å². The number of rotatable bonds is 5. The third kappa shape index (κ3) is 3.24. The van der Waals surface area contributed by atoms with Crippen LogP contribution in [0.3, 0.4) is 0 Å². The van der Waals surface area contributed by atoms with E-state index in [0.717, 1.165) is 12.1 Å². The number of aromatic nitrogens is 1. The molecule has 0 saturated carbocycles. The maximum atomic E-state index is 11.4. The Morgan fingerprint density at radius 1 is 1.38 bits per heavy atom. The largest absolute Gasteiger partial charge is 0.477 e. The van der Waals surface area contributed by atoms with Gasteiger partial charge in [-0.05, 0) is 31.4 Å². The molecule has 1 aromatic carbocycles. The fraction of sp³-hybridized carbons (Fsp3) is 0.375. The van der Waals surface area contributed by atoms with E-state index in [1.807, 2.05) is 57.0 Å². The molecule has 0 fully saturated rings. The van der Waals surface area contributed by atoms with Crippen molar-refractivity contribution in [1.82, 2.24) is 4.98 Å². The van der Waals surface area contributed by atoms with Gasteiger partial charge in [0, 0.05) is 12.7 Å². The number of carbonyl (C=O) groups is 1. The molecule has 1 atom stereocenters. The molecule has 2 aromatic rings. The molecule has 5 heteroatoms. The van der Waals surface area contributed by atoms with Crippen LogP contribution in [0.2, 0.25) is 0 Å². The van der Waals surface area contributed by atoms with Crippen molar-refractivity contribution in [2.24, 2.45) is 0 Å². The first kappa shape index (κ1) is 15.5. The topological polar surface area (TPSA) is 53.4 Å². The van der Waals surface area contributed by atoms with Crippen LogP contribution in [-0.2, 0) is 0 Å². The first-order valence-electron chi connectivity index (χ1n) is 6.98. The van der Waals surface area contributed by atoms with Crippen molar-refractivity contribution in [3.05, 3.63) is 40.4 Å². The summed E-state index contributed by atoms with van der Waals surface area (Å²) in [6.45, 7) is 6.09. The van der Waals surface area contributed by atoms with E-state index in [2.05, 4.69) is 4.98 Å². The number of carboxylic acids is 1. The van der Waals surface area contributed by atoms with Crippen LogP contribution in [0.4, 0.5) is 10.8 Å². The summed E-state index contributed by atoms with van der Waals surface area (Å²) >= 11 is 1.23. The average Bonchev–Trinajstić information content (AvgIpc) is 2.92. The van der Waals surface area contributed by atoms with Crippen LogP contribution in [-0.4, -0.2) is 23.1 Å². The molecule has 112 valence electrons. The highest BCUT2D eigenvalue weighted by atomic mass is 32.1. The number of hydrogen-bond acceptors (Lipinski definition) is 4. The van der Waals surface area contributed by atoms with Gasteiger partial charge in [0.2, 0.25) is 0 Å². The van der Waals surface area contributed by atoms with Crippen molar-refractivity contribution in [3.8, 4) is 0 Å². The molecule has 0 amide bonds. The second-order valence-electron chi connectivity index (χ2n) is 5.22. The number of aromatic carboxylic acids is 1. The standard InChI is InChI=1S/C16H20N2O2S/c1-5-11(3)13-14(15(19)20)21-16(17-13)18(4)12-8-6-10(2)7-9-12/h6-9,11H,5H2,1-4H3,(H,19,20). The zero-order valence-corrected chi connectivity index (χ0v) is 13.6. The Labute approximate surface area is 129 Å². The Hall–Kier alpha value is -1.88. The van der Waals surface area contributed by atoms with Gasteiger partial charge in [0.15, 0.2) is 5.13 Å². The highest BCUT2D eigenvalue weighted by molar-refractivity contribution is 7.17. The molecule has 1 heterocycles. The zero-order chi connectivity index (χ0) is 15.6. The van der Waals surface area contributed by atoms with Crippen molar-refractivity contribution < 1.29 is 9.90 Å². The van der Waals surface area contributed by atoms with E-state index in [9.17, 15) is 9.90 Å². The minimum Gasteiger partial charge on any atom is -0.477 e. The van der Waals surface area contributed by atoms with Gasteiger partial charge in [-0.15, -0.1) is 0 Å². The van der Waals surface area contributed by atoms with Gasteiger partial charge >= 0.3 is 5.97 Å². The summed E-state index contributed by atoms with van der Waals surface area (Å²) in [5.41, 5.74) is 2.88. The van der Waals surface area contributed by atoms with E-state index in [4.69, 9.17) is 0 Å². The number of hydrogen-bond donors (Lipinski definition) is 1. The Kier molecular flexibility index (Phi) is 4.63. The van der Waals surface area contributed by atoms with Crippen LogP contribution in [0.1, 0.15) is 47.1 Å². The van der Waals surface area contributed by atoms with Crippen molar-refractivity contribution in [3.63, 3.8) is 0 Å². The van der Waals surface area contributed by atoms with E-state index in [0.29, 0.717) is 15.7 Å². The minimum atomic E-state index is -0.897. The van der Waals surface area contributed by atoms with Crippen LogP contribution in [0, 0.1) is 6.92 Å².